The molecule has 0 spiro atoms. The topological polar surface area (TPSA) is 93.1 Å². The molecule has 194 valence electrons. The Morgan fingerprint density at radius 1 is 1.08 bits per heavy atom. The Labute approximate surface area is 224 Å². The van der Waals surface area contributed by atoms with E-state index >= 15 is 0 Å². The number of halogens is 1. The third-order valence-corrected chi connectivity index (χ3v) is 7.33. The van der Waals surface area contributed by atoms with Crippen molar-refractivity contribution in [1.82, 2.24) is 0 Å². The minimum absolute atomic E-state index is 0.188. The van der Waals surface area contributed by atoms with Crippen molar-refractivity contribution in [2.45, 2.75) is 45.3 Å². The van der Waals surface area contributed by atoms with Gasteiger partial charge >= 0.3 is 11.9 Å². The van der Waals surface area contributed by atoms with Gasteiger partial charge in [-0.2, -0.15) is 0 Å². The van der Waals surface area contributed by atoms with E-state index in [1.54, 1.807) is 49.1 Å². The summed E-state index contributed by atoms with van der Waals surface area (Å²) in [5.41, 5.74) is -0.629. The Morgan fingerprint density at radius 2 is 1.81 bits per heavy atom. The van der Waals surface area contributed by atoms with Gasteiger partial charge in [0.1, 0.15) is 0 Å². The molecule has 0 bridgehead atoms. The maximum atomic E-state index is 13.7. The number of amides is 1. The van der Waals surface area contributed by atoms with Crippen LogP contribution in [0.25, 0.3) is 0 Å². The van der Waals surface area contributed by atoms with Crippen molar-refractivity contribution in [2.24, 2.45) is 5.41 Å². The third kappa shape index (κ3) is 5.26. The summed E-state index contributed by atoms with van der Waals surface area (Å²) >= 11 is 3.47. The molecule has 0 radical (unpaired) electrons. The van der Waals surface area contributed by atoms with Gasteiger partial charge in [-0.3, -0.25) is 9.59 Å². The van der Waals surface area contributed by atoms with Gasteiger partial charge in [0.05, 0.1) is 30.9 Å². The molecule has 1 N–H and O–H groups in total. The lowest BCUT2D eigenvalue weighted by molar-refractivity contribution is -0.153. The lowest BCUT2D eigenvalue weighted by Crippen LogP contribution is -2.40. The number of nitrogens with zero attached hydrogens (tertiary/aromatic N) is 1. The molecule has 0 saturated heterocycles. The van der Waals surface area contributed by atoms with Crippen molar-refractivity contribution in [2.75, 3.05) is 18.1 Å². The molecule has 4 rings (SSSR count). The van der Waals surface area contributed by atoms with Gasteiger partial charge < -0.3 is 19.5 Å². The first-order valence-electron chi connectivity index (χ1n) is 12.4. The lowest BCUT2D eigenvalue weighted by atomic mass is 9.73. The lowest BCUT2D eigenvalue weighted by Gasteiger charge is -2.32. The highest BCUT2D eigenvalue weighted by atomic mass is 79.9. The maximum absolute atomic E-state index is 13.7. The van der Waals surface area contributed by atoms with Crippen LogP contribution in [0, 0.1) is 5.41 Å². The van der Waals surface area contributed by atoms with Gasteiger partial charge in [0.15, 0.2) is 5.60 Å². The molecular formula is C29H30BrNO6. The van der Waals surface area contributed by atoms with E-state index in [9.17, 15) is 19.5 Å². The first-order chi connectivity index (χ1) is 17.7. The number of hydrogen-bond acceptors (Lipinski definition) is 6. The van der Waals surface area contributed by atoms with Gasteiger partial charge in [-0.1, -0.05) is 64.5 Å². The number of rotatable bonds is 8. The highest BCUT2D eigenvalue weighted by Crippen LogP contribution is 2.45. The first kappa shape index (κ1) is 26.8. The molecule has 7 nitrogen and oxygen atoms in total. The van der Waals surface area contributed by atoms with E-state index in [1.165, 1.54) is 6.08 Å². The summed E-state index contributed by atoms with van der Waals surface area (Å²) < 4.78 is 11.2. The minimum atomic E-state index is -1.96. The smallest absolute Gasteiger partial charge is 0.333 e. The van der Waals surface area contributed by atoms with E-state index in [1.807, 2.05) is 30.3 Å². The molecule has 0 aromatic heterocycles. The summed E-state index contributed by atoms with van der Waals surface area (Å²) in [5.74, 6) is -1.36. The molecule has 1 amide bonds. The fourth-order valence-corrected chi connectivity index (χ4v) is 5.15. The first-order valence-corrected chi connectivity index (χ1v) is 13.2. The Balaban J connectivity index is 1.70. The number of benzene rings is 2. The predicted molar refractivity (Wildman–Crippen MR) is 142 cm³/mol. The number of fused-ring (bicyclic) bond motifs is 1. The van der Waals surface area contributed by atoms with Crippen molar-refractivity contribution in [3.05, 3.63) is 87.9 Å². The van der Waals surface area contributed by atoms with Crippen LogP contribution in [0.5, 0.6) is 0 Å². The Morgan fingerprint density at radius 3 is 2.46 bits per heavy atom. The molecule has 2 aromatic carbocycles. The number of ether oxygens (including phenoxy) is 2. The Kier molecular flexibility index (Phi) is 7.99. The second-order valence-corrected chi connectivity index (χ2v) is 10.1. The summed E-state index contributed by atoms with van der Waals surface area (Å²) in [4.78, 5) is 40.6. The fourth-order valence-electron chi connectivity index (χ4n) is 4.80. The van der Waals surface area contributed by atoms with Crippen LogP contribution in [0.1, 0.15) is 44.2 Å². The van der Waals surface area contributed by atoms with Crippen LogP contribution in [-0.4, -0.2) is 36.2 Å². The number of carbonyl (C=O) groups excluding carboxylic acids is 3. The maximum Gasteiger partial charge on any atom is 0.333 e. The molecule has 0 fully saturated rings. The fraction of sp³-hybridized carbons (Fsp3) is 0.345. The van der Waals surface area contributed by atoms with E-state index in [4.69, 9.17) is 9.47 Å². The van der Waals surface area contributed by atoms with E-state index < -0.39 is 28.9 Å². The zero-order valence-electron chi connectivity index (χ0n) is 20.9. The van der Waals surface area contributed by atoms with Crippen molar-refractivity contribution < 1.29 is 29.0 Å². The van der Waals surface area contributed by atoms with E-state index in [0.29, 0.717) is 23.2 Å². The standard InChI is InChI=1S/C29H30BrNO6/c1-3-36-25(32)21-12-14-28(15-13-21,27(34)37-4-2)16-17-29(35)23-11-10-22(30)18-24(23)31(26(29)33)19-20-8-6-5-7-9-20/h5-12,16-18,35H,3-4,13-15,19H2,1-2H3/b17-16+. The van der Waals surface area contributed by atoms with Crippen molar-refractivity contribution in [1.29, 1.82) is 0 Å². The second kappa shape index (κ2) is 11.0. The minimum Gasteiger partial charge on any atom is -0.465 e. The molecule has 2 atom stereocenters. The predicted octanol–water partition coefficient (Wildman–Crippen LogP) is 4.96. The average Bonchev–Trinajstić information content (AvgIpc) is 3.10. The van der Waals surface area contributed by atoms with Crippen molar-refractivity contribution in [3.63, 3.8) is 0 Å². The molecule has 2 unspecified atom stereocenters. The SMILES string of the molecule is CCOC(=O)C1=CCC(/C=C/C2(O)C(=O)N(Cc3ccccc3)c3cc(Br)ccc32)(C(=O)OCC)CC1. The van der Waals surface area contributed by atoms with E-state index in [-0.39, 0.29) is 32.6 Å². The van der Waals surface area contributed by atoms with Gasteiger partial charge in [0.2, 0.25) is 0 Å². The molecule has 8 heteroatoms. The van der Waals surface area contributed by atoms with E-state index in [0.717, 1.165) is 10.0 Å². The molecule has 1 aliphatic carbocycles. The number of allylic oxidation sites excluding steroid dienone is 1. The van der Waals surface area contributed by atoms with Crippen molar-refractivity contribution >= 4 is 39.5 Å². The Bertz CT molecular complexity index is 1260. The van der Waals surface area contributed by atoms with Crippen LogP contribution >= 0.6 is 15.9 Å². The molecule has 2 aromatic rings. The quantitative estimate of drug-likeness (QED) is 0.358. The monoisotopic (exact) mass is 567 g/mol. The van der Waals surface area contributed by atoms with Crippen LogP contribution in [0.3, 0.4) is 0 Å². The Hall–Kier alpha value is -3.23. The number of anilines is 1. The van der Waals surface area contributed by atoms with Gasteiger partial charge in [-0.05, 0) is 56.9 Å². The van der Waals surface area contributed by atoms with Gasteiger partial charge in [0.25, 0.3) is 5.91 Å². The zero-order chi connectivity index (χ0) is 26.6. The summed E-state index contributed by atoms with van der Waals surface area (Å²) in [6.45, 7) is 4.20. The number of esters is 2. The second-order valence-electron chi connectivity index (χ2n) is 9.17. The molecule has 2 aliphatic rings. The number of carbonyl (C=O) groups is 3. The highest BCUT2D eigenvalue weighted by Gasteiger charge is 2.49. The van der Waals surface area contributed by atoms with Gasteiger partial charge in [0, 0.05) is 15.6 Å². The number of hydrogen-bond donors (Lipinski definition) is 1. The molecule has 1 aliphatic heterocycles. The summed E-state index contributed by atoms with van der Waals surface area (Å²) in [7, 11) is 0. The molecular weight excluding hydrogens is 538 g/mol. The average molecular weight is 568 g/mol. The molecule has 1 heterocycles. The largest absolute Gasteiger partial charge is 0.465 e. The van der Waals surface area contributed by atoms with Crippen LogP contribution < -0.4 is 4.90 Å². The van der Waals surface area contributed by atoms with Crippen LogP contribution in [0.15, 0.2) is 76.8 Å². The van der Waals surface area contributed by atoms with Crippen LogP contribution in [0.4, 0.5) is 5.69 Å². The van der Waals surface area contributed by atoms with Gasteiger partial charge in [-0.25, -0.2) is 4.79 Å². The van der Waals surface area contributed by atoms with E-state index in [2.05, 4.69) is 15.9 Å². The zero-order valence-corrected chi connectivity index (χ0v) is 22.5. The summed E-state index contributed by atoms with van der Waals surface area (Å²) in [6, 6.07) is 14.8. The van der Waals surface area contributed by atoms with Crippen LogP contribution in [-0.2, 0) is 36.0 Å². The van der Waals surface area contributed by atoms with Crippen molar-refractivity contribution in [3.8, 4) is 0 Å². The number of aliphatic hydroxyl groups is 1. The van der Waals surface area contributed by atoms with Crippen LogP contribution in [0.2, 0.25) is 0 Å². The van der Waals surface area contributed by atoms with Gasteiger partial charge in [-0.15, -0.1) is 0 Å². The molecule has 0 saturated carbocycles. The normalized spacial score (nSPS) is 23.1. The molecule has 37 heavy (non-hydrogen) atoms. The summed E-state index contributed by atoms with van der Waals surface area (Å²) in [5, 5.41) is 11.8. The summed E-state index contributed by atoms with van der Waals surface area (Å²) in [6.07, 6.45) is 5.49. The third-order valence-electron chi connectivity index (χ3n) is 6.83. The highest BCUT2D eigenvalue weighted by molar-refractivity contribution is 9.10.